The molecule has 0 unspecified atom stereocenters. The number of hydrogen-bond acceptors (Lipinski definition) is 3. The van der Waals surface area contributed by atoms with Gasteiger partial charge in [0.15, 0.2) is 0 Å². The van der Waals surface area contributed by atoms with Gasteiger partial charge in [-0.3, -0.25) is 9.69 Å². The average Bonchev–Trinajstić information content (AvgIpc) is 2.49. The number of carboxylic acid groups (broad SMARTS) is 1. The van der Waals surface area contributed by atoms with Crippen LogP contribution < -0.4 is 10.2 Å². The highest BCUT2D eigenvalue weighted by Gasteiger charge is 2.17. The molecule has 0 aromatic heterocycles. The molecule has 0 heterocycles. The summed E-state index contributed by atoms with van der Waals surface area (Å²) >= 11 is 1.81. The zero-order valence-electron chi connectivity index (χ0n) is 12.2. The van der Waals surface area contributed by atoms with Crippen LogP contribution in [-0.4, -0.2) is 42.2 Å². The van der Waals surface area contributed by atoms with Crippen molar-refractivity contribution >= 4 is 29.4 Å². The van der Waals surface area contributed by atoms with E-state index in [9.17, 15) is 9.59 Å². The van der Waals surface area contributed by atoms with Gasteiger partial charge in [-0.15, -0.1) is 0 Å². The van der Waals surface area contributed by atoms with Gasteiger partial charge in [0.25, 0.3) is 0 Å². The normalized spacial score (nSPS) is 10.1. The fourth-order valence-corrected chi connectivity index (χ4v) is 2.36. The largest absolute Gasteiger partial charge is 0.480 e. The molecule has 0 atom stereocenters. The lowest BCUT2D eigenvalue weighted by molar-refractivity contribution is -0.135. The number of amides is 2. The molecule has 0 aliphatic carbocycles. The van der Waals surface area contributed by atoms with Crippen molar-refractivity contribution in [3.8, 4) is 0 Å². The maximum absolute atomic E-state index is 12.1. The van der Waals surface area contributed by atoms with E-state index in [4.69, 9.17) is 5.11 Å². The van der Waals surface area contributed by atoms with Gasteiger partial charge in [0.2, 0.25) is 0 Å². The van der Waals surface area contributed by atoms with Crippen LogP contribution in [0.15, 0.2) is 30.3 Å². The Labute approximate surface area is 129 Å². The molecule has 6 heteroatoms. The second-order valence-electron chi connectivity index (χ2n) is 4.60. The van der Waals surface area contributed by atoms with Gasteiger partial charge in [0.05, 0.1) is 0 Å². The number of thioether (sulfide) groups is 1. The van der Waals surface area contributed by atoms with Crippen LogP contribution in [0.1, 0.15) is 19.3 Å². The number of hydrogen-bond donors (Lipinski definition) is 2. The molecule has 0 aliphatic heterocycles. The number of nitrogens with one attached hydrogen (secondary N) is 1. The minimum absolute atomic E-state index is 0.345. The lowest BCUT2D eigenvalue weighted by Gasteiger charge is -2.21. The lowest BCUT2D eigenvalue weighted by Crippen LogP contribution is -2.43. The number of carbonyl (C=O) groups is 2. The van der Waals surface area contributed by atoms with Crippen LogP contribution in [-0.2, 0) is 4.79 Å². The molecular weight excluding hydrogens is 288 g/mol. The molecule has 0 fully saturated rings. The highest BCUT2D eigenvalue weighted by molar-refractivity contribution is 7.98. The summed E-state index contributed by atoms with van der Waals surface area (Å²) < 4.78 is 0. The molecular formula is C15H22N2O3S. The Morgan fingerprint density at radius 3 is 2.52 bits per heavy atom. The smallest absolute Gasteiger partial charge is 0.323 e. The Morgan fingerprint density at radius 2 is 1.90 bits per heavy atom. The topological polar surface area (TPSA) is 69.6 Å². The van der Waals surface area contributed by atoms with Gasteiger partial charge in [-0.2, -0.15) is 11.8 Å². The van der Waals surface area contributed by atoms with Crippen molar-refractivity contribution in [3.05, 3.63) is 30.3 Å². The summed E-state index contributed by atoms with van der Waals surface area (Å²) in [6, 6.07) is 8.46. The maximum atomic E-state index is 12.1. The van der Waals surface area contributed by atoms with Crippen molar-refractivity contribution in [2.45, 2.75) is 19.3 Å². The van der Waals surface area contributed by atoms with Gasteiger partial charge in [-0.05, 0) is 37.0 Å². The maximum Gasteiger partial charge on any atom is 0.323 e. The van der Waals surface area contributed by atoms with Gasteiger partial charge in [-0.25, -0.2) is 4.79 Å². The zero-order chi connectivity index (χ0) is 15.5. The third-order valence-corrected chi connectivity index (χ3v) is 3.60. The van der Waals surface area contributed by atoms with Crippen LogP contribution in [0.2, 0.25) is 0 Å². The van der Waals surface area contributed by atoms with E-state index in [1.54, 1.807) is 24.3 Å². The van der Waals surface area contributed by atoms with Crippen molar-refractivity contribution < 1.29 is 14.7 Å². The summed E-state index contributed by atoms with van der Waals surface area (Å²) in [6.45, 7) is 0.221. The third kappa shape index (κ3) is 7.04. The minimum atomic E-state index is -1.03. The number of nitrogens with zero attached hydrogens (tertiary/aromatic N) is 1. The number of carbonyl (C=O) groups excluding carboxylic acids is 1. The van der Waals surface area contributed by atoms with E-state index in [-0.39, 0.29) is 12.6 Å². The molecule has 116 valence electrons. The van der Waals surface area contributed by atoms with Crippen LogP contribution in [0.3, 0.4) is 0 Å². The van der Waals surface area contributed by atoms with Gasteiger partial charge in [-0.1, -0.05) is 24.6 Å². The van der Waals surface area contributed by atoms with Crippen LogP contribution >= 0.6 is 11.8 Å². The van der Waals surface area contributed by atoms with E-state index < -0.39 is 5.97 Å². The van der Waals surface area contributed by atoms with E-state index >= 15 is 0 Å². The van der Waals surface area contributed by atoms with Gasteiger partial charge in [0.1, 0.15) is 6.54 Å². The summed E-state index contributed by atoms with van der Waals surface area (Å²) in [7, 11) is 0. The summed E-state index contributed by atoms with van der Waals surface area (Å²) in [4.78, 5) is 24.3. The lowest BCUT2D eigenvalue weighted by atomic mass is 10.2. The van der Waals surface area contributed by atoms with E-state index in [0.29, 0.717) is 12.2 Å². The Hall–Kier alpha value is -1.69. The van der Waals surface area contributed by atoms with Crippen molar-refractivity contribution in [2.24, 2.45) is 0 Å². The first-order valence-electron chi connectivity index (χ1n) is 6.96. The second-order valence-corrected chi connectivity index (χ2v) is 5.59. The molecule has 0 bridgehead atoms. The third-order valence-electron chi connectivity index (χ3n) is 2.91. The molecule has 21 heavy (non-hydrogen) atoms. The van der Waals surface area contributed by atoms with Gasteiger partial charge < -0.3 is 10.4 Å². The Morgan fingerprint density at radius 1 is 1.19 bits per heavy atom. The highest BCUT2D eigenvalue weighted by atomic mass is 32.2. The van der Waals surface area contributed by atoms with E-state index in [1.807, 2.05) is 17.8 Å². The first-order chi connectivity index (χ1) is 10.1. The molecule has 0 saturated heterocycles. The zero-order valence-corrected chi connectivity index (χ0v) is 13.1. The fourth-order valence-electron chi connectivity index (χ4n) is 1.86. The SMILES string of the molecule is CSCCCCCNC(=O)N(CC(=O)O)c1ccccc1. The first-order valence-corrected chi connectivity index (χ1v) is 8.35. The number of aliphatic carboxylic acids is 1. The average molecular weight is 310 g/mol. The molecule has 0 radical (unpaired) electrons. The standard InChI is InChI=1S/C15H22N2O3S/c1-21-11-7-3-6-10-16-15(20)17(12-14(18)19)13-8-4-2-5-9-13/h2,4-5,8-9H,3,6-7,10-12H2,1H3,(H,16,20)(H,18,19). The van der Waals surface area contributed by atoms with Crippen molar-refractivity contribution in [1.29, 1.82) is 0 Å². The monoisotopic (exact) mass is 310 g/mol. The molecule has 1 rings (SSSR count). The second kappa shape index (κ2) is 10.1. The summed E-state index contributed by atoms with van der Waals surface area (Å²) in [5.74, 6) is 0.0947. The molecule has 0 saturated carbocycles. The molecule has 5 nitrogen and oxygen atoms in total. The van der Waals surface area contributed by atoms with Gasteiger partial charge >= 0.3 is 12.0 Å². The molecule has 2 amide bonds. The van der Waals surface area contributed by atoms with Crippen LogP contribution in [0, 0.1) is 0 Å². The van der Waals surface area contributed by atoms with E-state index in [2.05, 4.69) is 11.6 Å². The van der Waals surface area contributed by atoms with Crippen LogP contribution in [0.4, 0.5) is 10.5 Å². The number of carboxylic acids is 1. The Bertz CT molecular complexity index is 440. The molecule has 1 aromatic rings. The number of benzene rings is 1. The minimum Gasteiger partial charge on any atom is -0.480 e. The van der Waals surface area contributed by atoms with Crippen LogP contribution in [0.25, 0.3) is 0 Å². The molecule has 1 aromatic carbocycles. The molecule has 0 spiro atoms. The highest BCUT2D eigenvalue weighted by Crippen LogP contribution is 2.13. The summed E-state index contributed by atoms with van der Waals surface area (Å²) in [6.07, 6.45) is 5.17. The quantitative estimate of drug-likeness (QED) is 0.688. The van der Waals surface area contributed by atoms with E-state index in [0.717, 1.165) is 25.0 Å². The fraction of sp³-hybridized carbons (Fsp3) is 0.467. The Kier molecular flexibility index (Phi) is 8.35. The number of urea groups is 1. The molecule has 0 aliphatic rings. The van der Waals surface area contributed by atoms with Gasteiger partial charge in [0, 0.05) is 12.2 Å². The number of unbranched alkanes of at least 4 members (excludes halogenated alkanes) is 2. The number of rotatable bonds is 9. The summed E-state index contributed by atoms with van der Waals surface area (Å²) in [5.41, 5.74) is 0.583. The predicted octanol–water partition coefficient (Wildman–Crippen LogP) is 2.82. The van der Waals surface area contributed by atoms with Crippen molar-refractivity contribution in [2.75, 3.05) is 30.0 Å². The predicted molar refractivity (Wildman–Crippen MR) is 87.1 cm³/mol. The number of para-hydroxylation sites is 1. The Balaban J connectivity index is 2.47. The number of anilines is 1. The van der Waals surface area contributed by atoms with E-state index in [1.165, 1.54) is 4.90 Å². The van der Waals surface area contributed by atoms with Crippen LogP contribution in [0.5, 0.6) is 0 Å². The van der Waals surface area contributed by atoms with Crippen molar-refractivity contribution in [1.82, 2.24) is 5.32 Å². The summed E-state index contributed by atoms with van der Waals surface area (Å²) in [5, 5.41) is 11.7. The first kappa shape index (κ1) is 17.4. The van der Waals surface area contributed by atoms with Crippen molar-refractivity contribution in [3.63, 3.8) is 0 Å². The molecule has 2 N–H and O–H groups in total.